The molecule has 0 aliphatic rings. The molecule has 0 saturated heterocycles. The molecule has 0 atom stereocenters. The molecule has 0 aliphatic carbocycles. The lowest BCUT2D eigenvalue weighted by molar-refractivity contribution is 0.0527. The van der Waals surface area contributed by atoms with Crippen LogP contribution in [0.15, 0.2) is 30.3 Å². The normalized spacial score (nSPS) is 10.4. The first-order valence-electron chi connectivity index (χ1n) is 9.10. The zero-order chi connectivity index (χ0) is 19.8. The number of hydrogen-bond acceptors (Lipinski definition) is 6. The van der Waals surface area contributed by atoms with E-state index in [1.165, 1.54) is 0 Å². The Morgan fingerprint density at radius 1 is 1.19 bits per heavy atom. The van der Waals surface area contributed by atoms with Gasteiger partial charge >= 0.3 is 5.97 Å². The van der Waals surface area contributed by atoms with Gasteiger partial charge in [-0.2, -0.15) is 0 Å². The van der Waals surface area contributed by atoms with E-state index in [9.17, 15) is 9.59 Å². The number of unbranched alkanes of at least 4 members (excludes halogenated alkanes) is 1. The van der Waals surface area contributed by atoms with Gasteiger partial charge < -0.3 is 15.0 Å². The Bertz CT molecular complexity index is 808. The van der Waals surface area contributed by atoms with Gasteiger partial charge in [0.25, 0.3) is 5.91 Å². The largest absolute Gasteiger partial charge is 0.462 e. The van der Waals surface area contributed by atoms with Crippen LogP contribution in [0.2, 0.25) is 0 Å². The quantitative estimate of drug-likeness (QED) is 0.717. The van der Waals surface area contributed by atoms with Gasteiger partial charge in [0.2, 0.25) is 5.95 Å². The highest BCUT2D eigenvalue weighted by molar-refractivity contribution is 6.07. The molecule has 1 heterocycles. The fourth-order valence-corrected chi connectivity index (χ4v) is 2.50. The van der Waals surface area contributed by atoms with Crippen LogP contribution < -0.4 is 10.2 Å². The molecule has 0 radical (unpaired) electrons. The molecule has 2 rings (SSSR count). The van der Waals surface area contributed by atoms with Crippen molar-refractivity contribution >= 4 is 23.5 Å². The van der Waals surface area contributed by atoms with Crippen molar-refractivity contribution in [1.29, 1.82) is 0 Å². The highest BCUT2D eigenvalue weighted by Gasteiger charge is 2.17. The van der Waals surface area contributed by atoms with Gasteiger partial charge in [0.1, 0.15) is 5.69 Å². The SMILES string of the molecule is CCCCN(C)c1nc(C)cc(C(=O)Nc2ccccc2C(=O)OCC)n1. The van der Waals surface area contributed by atoms with Crippen LogP contribution in [0.25, 0.3) is 0 Å². The van der Waals surface area contributed by atoms with Gasteiger partial charge in [-0.1, -0.05) is 25.5 Å². The number of hydrogen-bond donors (Lipinski definition) is 1. The number of esters is 1. The summed E-state index contributed by atoms with van der Waals surface area (Å²) in [7, 11) is 1.90. The monoisotopic (exact) mass is 370 g/mol. The lowest BCUT2D eigenvalue weighted by Gasteiger charge is -2.18. The van der Waals surface area contributed by atoms with E-state index in [0.29, 0.717) is 22.9 Å². The van der Waals surface area contributed by atoms with Crippen LogP contribution in [0.4, 0.5) is 11.6 Å². The van der Waals surface area contributed by atoms with Crippen LogP contribution in [0.1, 0.15) is 53.2 Å². The summed E-state index contributed by atoms with van der Waals surface area (Å²) in [5.41, 5.74) is 1.64. The number of nitrogens with zero attached hydrogens (tertiary/aromatic N) is 3. The number of rotatable bonds is 8. The molecule has 0 fully saturated rings. The highest BCUT2D eigenvalue weighted by atomic mass is 16.5. The molecule has 0 aliphatic heterocycles. The molecule has 0 unspecified atom stereocenters. The standard InChI is InChI=1S/C20H26N4O3/c1-5-7-12-24(4)20-21-14(3)13-17(23-20)18(25)22-16-11-9-8-10-15(16)19(26)27-6-2/h8-11,13H,5-7,12H2,1-4H3,(H,22,25). The summed E-state index contributed by atoms with van der Waals surface area (Å²) in [6.45, 7) is 6.75. The van der Waals surface area contributed by atoms with Gasteiger partial charge in [-0.3, -0.25) is 4.79 Å². The van der Waals surface area contributed by atoms with E-state index < -0.39 is 11.9 Å². The maximum absolute atomic E-state index is 12.7. The van der Waals surface area contributed by atoms with Crippen LogP contribution in [0.5, 0.6) is 0 Å². The van der Waals surface area contributed by atoms with E-state index in [1.54, 1.807) is 37.3 Å². The van der Waals surface area contributed by atoms with Gasteiger partial charge in [-0.05, 0) is 38.5 Å². The third-order valence-corrected chi connectivity index (χ3v) is 3.93. The lowest BCUT2D eigenvalue weighted by Crippen LogP contribution is -2.24. The van der Waals surface area contributed by atoms with Crippen molar-refractivity contribution in [2.24, 2.45) is 0 Å². The molecule has 0 spiro atoms. The predicted molar refractivity (Wildman–Crippen MR) is 105 cm³/mol. The van der Waals surface area contributed by atoms with Gasteiger partial charge in [0, 0.05) is 19.3 Å². The van der Waals surface area contributed by atoms with Crippen LogP contribution in [-0.4, -0.2) is 42.0 Å². The van der Waals surface area contributed by atoms with E-state index in [0.717, 1.165) is 19.4 Å². The molecular weight excluding hydrogens is 344 g/mol. The van der Waals surface area contributed by atoms with Gasteiger partial charge in [-0.15, -0.1) is 0 Å². The summed E-state index contributed by atoms with van der Waals surface area (Å²) >= 11 is 0. The van der Waals surface area contributed by atoms with Crippen molar-refractivity contribution in [2.75, 3.05) is 30.4 Å². The Balaban J connectivity index is 2.24. The number of anilines is 2. The van der Waals surface area contributed by atoms with Crippen LogP contribution in [-0.2, 0) is 4.74 Å². The van der Waals surface area contributed by atoms with Crippen molar-refractivity contribution < 1.29 is 14.3 Å². The first-order valence-corrected chi connectivity index (χ1v) is 9.10. The molecule has 1 aromatic heterocycles. The first-order chi connectivity index (χ1) is 13.0. The topological polar surface area (TPSA) is 84.4 Å². The molecule has 0 saturated carbocycles. The minimum atomic E-state index is -0.479. The second-order valence-electron chi connectivity index (χ2n) is 6.19. The maximum atomic E-state index is 12.7. The lowest BCUT2D eigenvalue weighted by atomic mass is 10.1. The van der Waals surface area contributed by atoms with E-state index >= 15 is 0 Å². The number of carbonyl (C=O) groups is 2. The Morgan fingerprint density at radius 3 is 2.63 bits per heavy atom. The van der Waals surface area contributed by atoms with Crippen LogP contribution in [0.3, 0.4) is 0 Å². The third-order valence-electron chi connectivity index (χ3n) is 3.93. The zero-order valence-corrected chi connectivity index (χ0v) is 16.3. The van der Waals surface area contributed by atoms with Crippen molar-refractivity contribution in [3.63, 3.8) is 0 Å². The average molecular weight is 370 g/mol. The maximum Gasteiger partial charge on any atom is 0.340 e. The molecule has 1 aromatic carbocycles. The molecule has 0 bridgehead atoms. The Kier molecular flexibility index (Phi) is 7.28. The fourth-order valence-electron chi connectivity index (χ4n) is 2.50. The van der Waals surface area contributed by atoms with Crippen molar-refractivity contribution in [2.45, 2.75) is 33.6 Å². The number of ether oxygens (including phenoxy) is 1. The highest BCUT2D eigenvalue weighted by Crippen LogP contribution is 2.18. The van der Waals surface area contributed by atoms with Crippen molar-refractivity contribution in [1.82, 2.24) is 9.97 Å². The Labute approximate surface area is 159 Å². The van der Waals surface area contributed by atoms with Crippen molar-refractivity contribution in [3.05, 3.63) is 47.3 Å². The van der Waals surface area contributed by atoms with Gasteiger partial charge in [-0.25, -0.2) is 14.8 Å². The van der Waals surface area contributed by atoms with Gasteiger partial charge in [0.15, 0.2) is 0 Å². The minimum Gasteiger partial charge on any atom is -0.462 e. The number of para-hydroxylation sites is 1. The zero-order valence-electron chi connectivity index (χ0n) is 16.3. The Morgan fingerprint density at radius 2 is 1.93 bits per heavy atom. The van der Waals surface area contributed by atoms with Crippen LogP contribution >= 0.6 is 0 Å². The van der Waals surface area contributed by atoms with Crippen molar-refractivity contribution in [3.8, 4) is 0 Å². The summed E-state index contributed by atoms with van der Waals surface area (Å²) in [5.74, 6) is -0.373. The van der Waals surface area contributed by atoms with Gasteiger partial charge in [0.05, 0.1) is 17.9 Å². The number of nitrogens with one attached hydrogen (secondary N) is 1. The second-order valence-corrected chi connectivity index (χ2v) is 6.19. The number of carbonyl (C=O) groups excluding carboxylic acids is 2. The summed E-state index contributed by atoms with van der Waals surface area (Å²) in [4.78, 5) is 35.5. The van der Waals surface area contributed by atoms with E-state index in [4.69, 9.17) is 4.74 Å². The number of aromatic nitrogens is 2. The molecule has 1 amide bonds. The number of amides is 1. The molecular formula is C20H26N4O3. The number of benzene rings is 1. The third kappa shape index (κ3) is 5.51. The molecule has 27 heavy (non-hydrogen) atoms. The summed E-state index contributed by atoms with van der Waals surface area (Å²) in [6, 6.07) is 8.36. The predicted octanol–water partition coefficient (Wildman–Crippen LogP) is 3.45. The molecule has 7 heteroatoms. The second kappa shape index (κ2) is 9.66. The Hall–Kier alpha value is -2.96. The average Bonchev–Trinajstić information content (AvgIpc) is 2.66. The van der Waals surface area contributed by atoms with E-state index in [1.807, 2.05) is 18.9 Å². The minimum absolute atomic E-state index is 0.250. The first kappa shape index (κ1) is 20.4. The van der Waals surface area contributed by atoms with E-state index in [-0.39, 0.29) is 12.3 Å². The van der Waals surface area contributed by atoms with E-state index in [2.05, 4.69) is 22.2 Å². The summed E-state index contributed by atoms with van der Waals surface area (Å²) in [5, 5.41) is 2.75. The number of aryl methyl sites for hydroxylation is 1. The smallest absolute Gasteiger partial charge is 0.340 e. The molecule has 2 aromatic rings. The fraction of sp³-hybridized carbons (Fsp3) is 0.400. The summed E-state index contributed by atoms with van der Waals surface area (Å²) < 4.78 is 5.04. The summed E-state index contributed by atoms with van der Waals surface area (Å²) in [6.07, 6.45) is 2.08. The molecule has 7 nitrogen and oxygen atoms in total. The molecule has 1 N–H and O–H groups in total. The van der Waals surface area contributed by atoms with Crippen LogP contribution in [0, 0.1) is 6.92 Å². The molecule has 144 valence electrons.